The zero-order chi connectivity index (χ0) is 12.1. The van der Waals surface area contributed by atoms with E-state index >= 15 is 0 Å². The van der Waals surface area contributed by atoms with Gasteiger partial charge in [-0.05, 0) is 50.1 Å². The summed E-state index contributed by atoms with van der Waals surface area (Å²) in [5.41, 5.74) is 3.75. The van der Waals surface area contributed by atoms with Crippen LogP contribution in [0.2, 0.25) is 0 Å². The summed E-state index contributed by atoms with van der Waals surface area (Å²) in [4.78, 5) is 0. The van der Waals surface area contributed by atoms with Crippen LogP contribution in [0.3, 0.4) is 0 Å². The third-order valence-electron chi connectivity index (χ3n) is 2.91. The van der Waals surface area contributed by atoms with E-state index in [1.807, 2.05) is 13.1 Å². The van der Waals surface area contributed by atoms with E-state index in [2.05, 4.69) is 37.9 Å². The van der Waals surface area contributed by atoms with Gasteiger partial charge < -0.3 is 10.1 Å². The largest absolute Gasteiger partial charge is 0.496 e. The summed E-state index contributed by atoms with van der Waals surface area (Å²) in [6.45, 7) is 7.98. The van der Waals surface area contributed by atoms with Crippen molar-refractivity contribution in [3.8, 4) is 5.75 Å². The Morgan fingerprint density at radius 3 is 2.56 bits per heavy atom. The van der Waals surface area contributed by atoms with Crippen molar-refractivity contribution >= 4 is 0 Å². The average Bonchev–Trinajstić information content (AvgIpc) is 2.28. The predicted octanol–water partition coefficient (Wildman–Crippen LogP) is 3.15. The zero-order valence-electron chi connectivity index (χ0n) is 10.6. The average molecular weight is 219 g/mol. The summed E-state index contributed by atoms with van der Waals surface area (Å²) < 4.78 is 5.31. The SMILES string of the molecule is C=CCC(NC)c1cc(C)c(OC)cc1C. The first-order valence-corrected chi connectivity index (χ1v) is 5.57. The van der Waals surface area contributed by atoms with Gasteiger partial charge in [-0.1, -0.05) is 12.1 Å². The number of methoxy groups -OCH3 is 1. The van der Waals surface area contributed by atoms with Crippen LogP contribution >= 0.6 is 0 Å². The molecule has 16 heavy (non-hydrogen) atoms. The molecule has 2 nitrogen and oxygen atoms in total. The van der Waals surface area contributed by atoms with E-state index in [1.165, 1.54) is 16.7 Å². The van der Waals surface area contributed by atoms with Crippen molar-refractivity contribution in [2.24, 2.45) is 0 Å². The lowest BCUT2D eigenvalue weighted by molar-refractivity contribution is 0.411. The van der Waals surface area contributed by atoms with Crippen LogP contribution in [0.4, 0.5) is 0 Å². The van der Waals surface area contributed by atoms with E-state index < -0.39 is 0 Å². The Balaban J connectivity index is 3.12. The van der Waals surface area contributed by atoms with E-state index in [0.29, 0.717) is 6.04 Å². The molecule has 0 radical (unpaired) electrons. The quantitative estimate of drug-likeness (QED) is 0.768. The summed E-state index contributed by atoms with van der Waals surface area (Å²) in [5.74, 6) is 0.953. The van der Waals surface area contributed by atoms with Crippen LogP contribution in [0, 0.1) is 13.8 Å². The number of ether oxygens (including phenoxy) is 1. The first-order valence-electron chi connectivity index (χ1n) is 5.57. The minimum atomic E-state index is 0.335. The first-order chi connectivity index (χ1) is 7.63. The van der Waals surface area contributed by atoms with Gasteiger partial charge in [0.15, 0.2) is 0 Å². The maximum absolute atomic E-state index is 5.31. The standard InChI is InChI=1S/C14H21NO/c1-6-7-13(15-4)12-8-11(3)14(16-5)9-10(12)2/h6,8-9,13,15H,1,7H2,2-5H3. The molecule has 0 amide bonds. The molecule has 1 aromatic rings. The number of hydrogen-bond donors (Lipinski definition) is 1. The van der Waals surface area contributed by atoms with Gasteiger partial charge in [0, 0.05) is 6.04 Å². The summed E-state index contributed by atoms with van der Waals surface area (Å²) in [5, 5.41) is 3.31. The Hall–Kier alpha value is -1.28. The second kappa shape index (κ2) is 5.71. The van der Waals surface area contributed by atoms with Crippen LogP contribution in [0.15, 0.2) is 24.8 Å². The lowest BCUT2D eigenvalue weighted by atomic mass is 9.96. The number of nitrogens with one attached hydrogen (secondary N) is 1. The molecule has 0 bridgehead atoms. The fraction of sp³-hybridized carbons (Fsp3) is 0.429. The van der Waals surface area contributed by atoms with Crippen molar-refractivity contribution in [3.05, 3.63) is 41.5 Å². The van der Waals surface area contributed by atoms with Gasteiger partial charge >= 0.3 is 0 Å². The molecule has 1 rings (SSSR count). The highest BCUT2D eigenvalue weighted by atomic mass is 16.5. The van der Waals surface area contributed by atoms with Crippen LogP contribution in [0.1, 0.15) is 29.2 Å². The van der Waals surface area contributed by atoms with Gasteiger partial charge in [0.05, 0.1) is 7.11 Å². The van der Waals surface area contributed by atoms with Gasteiger partial charge in [0.25, 0.3) is 0 Å². The van der Waals surface area contributed by atoms with Gasteiger partial charge in [-0.3, -0.25) is 0 Å². The second-order valence-electron chi connectivity index (χ2n) is 4.04. The fourth-order valence-electron chi connectivity index (χ4n) is 1.97. The molecule has 1 atom stereocenters. The maximum atomic E-state index is 5.31. The Morgan fingerprint density at radius 2 is 2.06 bits per heavy atom. The minimum Gasteiger partial charge on any atom is -0.496 e. The van der Waals surface area contributed by atoms with Gasteiger partial charge in [0.1, 0.15) is 5.75 Å². The van der Waals surface area contributed by atoms with Crippen LogP contribution in [0.25, 0.3) is 0 Å². The molecule has 0 saturated heterocycles. The highest BCUT2D eigenvalue weighted by Gasteiger charge is 2.12. The van der Waals surface area contributed by atoms with Crippen molar-refractivity contribution in [2.75, 3.05) is 14.2 Å². The minimum absolute atomic E-state index is 0.335. The molecule has 0 aromatic heterocycles. The summed E-state index contributed by atoms with van der Waals surface area (Å²) in [6.07, 6.45) is 2.88. The van der Waals surface area contributed by atoms with E-state index in [-0.39, 0.29) is 0 Å². The molecule has 1 N–H and O–H groups in total. The Kier molecular flexibility index (Phi) is 4.56. The fourth-order valence-corrected chi connectivity index (χ4v) is 1.97. The molecule has 0 aliphatic rings. The normalized spacial score (nSPS) is 12.2. The maximum Gasteiger partial charge on any atom is 0.122 e. The van der Waals surface area contributed by atoms with E-state index in [4.69, 9.17) is 4.74 Å². The van der Waals surface area contributed by atoms with Gasteiger partial charge in [-0.25, -0.2) is 0 Å². The predicted molar refractivity (Wildman–Crippen MR) is 69.1 cm³/mol. The molecule has 1 aromatic carbocycles. The number of aryl methyl sites for hydroxylation is 2. The molecule has 88 valence electrons. The zero-order valence-corrected chi connectivity index (χ0v) is 10.6. The van der Waals surface area contributed by atoms with E-state index in [9.17, 15) is 0 Å². The van der Waals surface area contributed by atoms with Crippen LogP contribution in [-0.4, -0.2) is 14.2 Å². The van der Waals surface area contributed by atoms with Gasteiger partial charge in [0.2, 0.25) is 0 Å². The highest BCUT2D eigenvalue weighted by Crippen LogP contribution is 2.28. The molecule has 0 heterocycles. The Bertz CT molecular complexity index is 371. The summed E-state index contributed by atoms with van der Waals surface area (Å²) >= 11 is 0. The highest BCUT2D eigenvalue weighted by molar-refractivity contribution is 5.43. The second-order valence-corrected chi connectivity index (χ2v) is 4.04. The van der Waals surface area contributed by atoms with Crippen LogP contribution < -0.4 is 10.1 Å². The van der Waals surface area contributed by atoms with Crippen molar-refractivity contribution < 1.29 is 4.74 Å². The van der Waals surface area contributed by atoms with Crippen LogP contribution in [-0.2, 0) is 0 Å². The summed E-state index contributed by atoms with van der Waals surface area (Å²) in [6, 6.07) is 4.62. The molecular weight excluding hydrogens is 198 g/mol. The van der Waals surface area contributed by atoms with E-state index in [0.717, 1.165) is 12.2 Å². The van der Waals surface area contributed by atoms with Crippen LogP contribution in [0.5, 0.6) is 5.75 Å². The van der Waals surface area contributed by atoms with E-state index in [1.54, 1.807) is 7.11 Å². The smallest absolute Gasteiger partial charge is 0.122 e. The molecule has 0 saturated carbocycles. The van der Waals surface area contributed by atoms with Crippen molar-refractivity contribution in [1.29, 1.82) is 0 Å². The third kappa shape index (κ3) is 2.64. The van der Waals surface area contributed by atoms with Gasteiger partial charge in [-0.2, -0.15) is 0 Å². The number of rotatable bonds is 5. The number of hydrogen-bond acceptors (Lipinski definition) is 2. The molecule has 2 heteroatoms. The Labute approximate surface area is 98.3 Å². The molecular formula is C14H21NO. The van der Waals surface area contributed by atoms with Crippen molar-refractivity contribution in [3.63, 3.8) is 0 Å². The summed E-state index contributed by atoms with van der Waals surface area (Å²) in [7, 11) is 3.69. The first kappa shape index (κ1) is 12.8. The molecule has 0 aliphatic carbocycles. The lowest BCUT2D eigenvalue weighted by Gasteiger charge is -2.19. The number of benzene rings is 1. The monoisotopic (exact) mass is 219 g/mol. The topological polar surface area (TPSA) is 21.3 Å². The van der Waals surface area contributed by atoms with Crippen molar-refractivity contribution in [1.82, 2.24) is 5.32 Å². The molecule has 0 fully saturated rings. The molecule has 0 aliphatic heterocycles. The lowest BCUT2D eigenvalue weighted by Crippen LogP contribution is -2.17. The van der Waals surface area contributed by atoms with Gasteiger partial charge in [-0.15, -0.1) is 6.58 Å². The third-order valence-corrected chi connectivity index (χ3v) is 2.91. The molecule has 1 unspecified atom stereocenters. The Morgan fingerprint density at radius 1 is 1.38 bits per heavy atom. The van der Waals surface area contributed by atoms with Crippen molar-refractivity contribution in [2.45, 2.75) is 26.3 Å². The molecule has 0 spiro atoms.